The molecule has 2 N–H and O–H groups in total. The van der Waals surface area contributed by atoms with Gasteiger partial charge in [-0.1, -0.05) is 18.1 Å². The maximum Gasteiger partial charge on any atom is 0.251 e. The summed E-state index contributed by atoms with van der Waals surface area (Å²) < 4.78 is 0. The Morgan fingerprint density at radius 3 is 2.71 bits per heavy atom. The first kappa shape index (κ1) is 23.4. The van der Waals surface area contributed by atoms with E-state index in [2.05, 4.69) is 61.5 Å². The van der Waals surface area contributed by atoms with Crippen molar-refractivity contribution in [3.63, 3.8) is 0 Å². The molecule has 0 atom stereocenters. The van der Waals surface area contributed by atoms with Crippen molar-refractivity contribution < 1.29 is 4.79 Å². The molecule has 5 rings (SSSR count). The SMILES string of the molecule is CC#CCN1CCC(NC(=O)C2=CCNc3ccc(-c4cncc(N5CCCCC5)c4)cc32)CC1. The second-order valence-corrected chi connectivity index (χ2v) is 9.69. The number of likely N-dealkylation sites (tertiary alicyclic amines) is 1. The van der Waals surface area contributed by atoms with Gasteiger partial charge in [0.1, 0.15) is 0 Å². The second kappa shape index (κ2) is 11.0. The van der Waals surface area contributed by atoms with Crippen LogP contribution in [0.2, 0.25) is 0 Å². The number of anilines is 2. The van der Waals surface area contributed by atoms with Gasteiger partial charge in [-0.25, -0.2) is 0 Å². The number of carbonyl (C=O) groups is 1. The molecule has 0 aliphatic carbocycles. The summed E-state index contributed by atoms with van der Waals surface area (Å²) in [6.07, 6.45) is 11.6. The summed E-state index contributed by atoms with van der Waals surface area (Å²) in [5.74, 6) is 6.13. The molecule has 1 aromatic carbocycles. The van der Waals surface area contributed by atoms with Crippen molar-refractivity contribution in [3.8, 4) is 23.0 Å². The molecule has 0 unspecified atom stereocenters. The number of aromatic nitrogens is 1. The average Bonchev–Trinajstić information content (AvgIpc) is 2.92. The van der Waals surface area contributed by atoms with E-state index in [0.717, 1.165) is 73.5 Å². The summed E-state index contributed by atoms with van der Waals surface area (Å²) in [6.45, 7) is 7.50. The minimum Gasteiger partial charge on any atom is -0.381 e. The Kier molecular flexibility index (Phi) is 7.34. The first-order valence-corrected chi connectivity index (χ1v) is 12.9. The van der Waals surface area contributed by atoms with Gasteiger partial charge in [-0.3, -0.25) is 14.7 Å². The van der Waals surface area contributed by atoms with Crippen molar-refractivity contribution in [1.82, 2.24) is 15.2 Å². The molecule has 182 valence electrons. The maximum absolute atomic E-state index is 13.3. The molecule has 2 aromatic rings. The fraction of sp³-hybridized carbons (Fsp3) is 0.448. The number of pyridine rings is 1. The van der Waals surface area contributed by atoms with Crippen LogP contribution < -0.4 is 15.5 Å². The monoisotopic (exact) mass is 469 g/mol. The zero-order valence-corrected chi connectivity index (χ0v) is 20.6. The number of hydrogen-bond donors (Lipinski definition) is 2. The first-order chi connectivity index (χ1) is 17.2. The molecular weight excluding hydrogens is 434 g/mol. The van der Waals surface area contributed by atoms with Crippen LogP contribution in [0.15, 0.2) is 42.7 Å². The van der Waals surface area contributed by atoms with Crippen LogP contribution in [-0.4, -0.2) is 61.1 Å². The van der Waals surface area contributed by atoms with Gasteiger partial charge < -0.3 is 15.5 Å². The van der Waals surface area contributed by atoms with Gasteiger partial charge in [-0.05, 0) is 62.8 Å². The molecule has 0 saturated carbocycles. The smallest absolute Gasteiger partial charge is 0.251 e. The van der Waals surface area contributed by atoms with Gasteiger partial charge in [0.15, 0.2) is 0 Å². The number of piperidine rings is 2. The van der Waals surface area contributed by atoms with Crippen molar-refractivity contribution in [1.29, 1.82) is 0 Å². The predicted molar refractivity (Wildman–Crippen MR) is 143 cm³/mol. The van der Waals surface area contributed by atoms with Gasteiger partial charge in [-0.15, -0.1) is 5.92 Å². The normalized spacial score (nSPS) is 18.5. The fourth-order valence-corrected chi connectivity index (χ4v) is 5.29. The lowest BCUT2D eigenvalue weighted by atomic mass is 9.94. The lowest BCUT2D eigenvalue weighted by molar-refractivity contribution is -0.116. The van der Waals surface area contributed by atoms with Gasteiger partial charge in [0.05, 0.1) is 18.4 Å². The lowest BCUT2D eigenvalue weighted by Gasteiger charge is -2.31. The van der Waals surface area contributed by atoms with Crippen molar-refractivity contribution in [3.05, 3.63) is 48.3 Å². The van der Waals surface area contributed by atoms with Crippen molar-refractivity contribution >= 4 is 22.9 Å². The Balaban J connectivity index is 1.30. The standard InChI is InChI=1S/C29H35N5O/c1-2-3-13-33-16-10-24(11-17-33)32-29(35)26-9-12-31-28-8-7-22(19-27(26)28)23-18-25(21-30-20-23)34-14-5-4-6-15-34/h7-9,18-21,24,31H,4-6,10-17H2,1H3,(H,32,35). The zero-order valence-electron chi connectivity index (χ0n) is 20.6. The highest BCUT2D eigenvalue weighted by molar-refractivity contribution is 6.22. The number of carbonyl (C=O) groups excluding carboxylic acids is 1. The van der Waals surface area contributed by atoms with E-state index in [1.807, 2.05) is 25.4 Å². The third-order valence-electron chi connectivity index (χ3n) is 7.33. The second-order valence-electron chi connectivity index (χ2n) is 9.69. The Morgan fingerprint density at radius 2 is 1.91 bits per heavy atom. The molecule has 0 radical (unpaired) electrons. The molecule has 2 saturated heterocycles. The minimum atomic E-state index is 0.0249. The Hall–Kier alpha value is -3.30. The van der Waals surface area contributed by atoms with Gasteiger partial charge in [-0.2, -0.15) is 0 Å². The number of benzene rings is 1. The molecule has 3 aliphatic rings. The number of hydrogen-bond acceptors (Lipinski definition) is 5. The van der Waals surface area contributed by atoms with Crippen LogP contribution in [-0.2, 0) is 4.79 Å². The number of rotatable bonds is 5. The van der Waals surface area contributed by atoms with E-state index in [-0.39, 0.29) is 11.9 Å². The Morgan fingerprint density at radius 1 is 1.09 bits per heavy atom. The summed E-state index contributed by atoms with van der Waals surface area (Å²) in [5, 5.41) is 6.72. The van der Waals surface area contributed by atoms with Gasteiger partial charge in [0, 0.05) is 67.3 Å². The van der Waals surface area contributed by atoms with E-state index in [0.29, 0.717) is 6.54 Å². The number of fused-ring (bicyclic) bond motifs is 1. The van der Waals surface area contributed by atoms with Crippen LogP contribution >= 0.6 is 0 Å². The highest BCUT2D eigenvalue weighted by atomic mass is 16.1. The van der Waals surface area contributed by atoms with Crippen LogP contribution in [0, 0.1) is 11.8 Å². The van der Waals surface area contributed by atoms with Gasteiger partial charge in [0.2, 0.25) is 0 Å². The molecule has 6 nitrogen and oxygen atoms in total. The van der Waals surface area contributed by atoms with E-state index in [9.17, 15) is 4.79 Å². The highest BCUT2D eigenvalue weighted by Crippen LogP contribution is 2.33. The lowest BCUT2D eigenvalue weighted by Crippen LogP contribution is -2.45. The Bertz CT molecular complexity index is 1150. The van der Waals surface area contributed by atoms with E-state index < -0.39 is 0 Å². The van der Waals surface area contributed by atoms with E-state index in [1.165, 1.54) is 24.9 Å². The fourth-order valence-electron chi connectivity index (χ4n) is 5.29. The largest absolute Gasteiger partial charge is 0.381 e. The topological polar surface area (TPSA) is 60.5 Å². The molecule has 1 aromatic heterocycles. The highest BCUT2D eigenvalue weighted by Gasteiger charge is 2.24. The molecule has 0 bridgehead atoms. The van der Waals surface area contributed by atoms with Crippen LogP contribution in [0.4, 0.5) is 11.4 Å². The molecule has 1 amide bonds. The van der Waals surface area contributed by atoms with E-state index >= 15 is 0 Å². The average molecular weight is 470 g/mol. The molecule has 0 spiro atoms. The van der Waals surface area contributed by atoms with Crippen LogP contribution in [0.3, 0.4) is 0 Å². The molecule has 3 aliphatic heterocycles. The summed E-state index contributed by atoms with van der Waals surface area (Å²) in [7, 11) is 0. The van der Waals surface area contributed by atoms with E-state index in [4.69, 9.17) is 0 Å². The Labute approximate surface area is 208 Å². The van der Waals surface area contributed by atoms with Crippen molar-refractivity contribution in [2.45, 2.75) is 45.1 Å². The van der Waals surface area contributed by atoms with Crippen LogP contribution in [0.1, 0.15) is 44.6 Å². The minimum absolute atomic E-state index is 0.0249. The van der Waals surface area contributed by atoms with Crippen molar-refractivity contribution in [2.75, 3.05) is 49.5 Å². The van der Waals surface area contributed by atoms with Crippen molar-refractivity contribution in [2.24, 2.45) is 0 Å². The number of amides is 1. The zero-order chi connectivity index (χ0) is 24.0. The number of nitrogens with zero attached hydrogens (tertiary/aromatic N) is 3. The third kappa shape index (κ3) is 5.52. The van der Waals surface area contributed by atoms with Crippen LogP contribution in [0.25, 0.3) is 16.7 Å². The molecule has 6 heteroatoms. The summed E-state index contributed by atoms with van der Waals surface area (Å²) >= 11 is 0. The van der Waals surface area contributed by atoms with Gasteiger partial charge >= 0.3 is 0 Å². The van der Waals surface area contributed by atoms with Crippen LogP contribution in [0.5, 0.6) is 0 Å². The molecule has 2 fully saturated rings. The van der Waals surface area contributed by atoms with Gasteiger partial charge in [0.25, 0.3) is 5.91 Å². The quantitative estimate of drug-likeness (QED) is 0.645. The third-order valence-corrected chi connectivity index (χ3v) is 7.33. The molecule has 4 heterocycles. The maximum atomic E-state index is 13.3. The summed E-state index contributed by atoms with van der Waals surface area (Å²) in [5.41, 5.74) is 6.09. The summed E-state index contributed by atoms with van der Waals surface area (Å²) in [4.78, 5) is 22.7. The molecular formula is C29H35N5O. The first-order valence-electron chi connectivity index (χ1n) is 12.9. The predicted octanol–water partition coefficient (Wildman–Crippen LogP) is 4.15. The van der Waals surface area contributed by atoms with E-state index in [1.54, 1.807) is 0 Å². The summed E-state index contributed by atoms with van der Waals surface area (Å²) in [6, 6.07) is 8.79. The molecule has 35 heavy (non-hydrogen) atoms. The number of nitrogens with one attached hydrogen (secondary N) is 2.